The molecule has 1 N–H and O–H groups in total. The van der Waals surface area contributed by atoms with E-state index in [4.69, 9.17) is 0 Å². The molecule has 0 spiro atoms. The first-order valence-electron chi connectivity index (χ1n) is 6.07. The second-order valence-electron chi connectivity index (χ2n) is 4.32. The van der Waals surface area contributed by atoms with Crippen LogP contribution in [0.3, 0.4) is 0 Å². The number of rotatable bonds is 5. The Labute approximate surface area is 103 Å². The van der Waals surface area contributed by atoms with Gasteiger partial charge in [0.15, 0.2) is 0 Å². The third-order valence-electron chi connectivity index (χ3n) is 2.51. The van der Waals surface area contributed by atoms with Crippen LogP contribution in [0.1, 0.15) is 55.5 Å². The molecule has 0 unspecified atom stereocenters. The lowest BCUT2D eigenvalue weighted by Gasteiger charge is -2.05. The molecule has 0 saturated carbocycles. The molecule has 1 rings (SSSR count). The molecule has 1 amide bonds. The molecule has 1 aromatic carbocycles. The van der Waals surface area contributed by atoms with Crippen LogP contribution in [0.15, 0.2) is 29.4 Å². The zero-order chi connectivity index (χ0) is 12.7. The topological polar surface area (TPSA) is 41.5 Å². The second-order valence-corrected chi connectivity index (χ2v) is 4.32. The Bertz CT molecular complexity index is 380. The number of benzene rings is 1. The number of hydrogen-bond acceptors (Lipinski definition) is 2. The SMILES string of the molecule is CCC/C=N/NC(=O)c1ccc(C(C)C)cc1. The van der Waals surface area contributed by atoms with Crippen LogP contribution in [0.2, 0.25) is 0 Å². The molecule has 0 heterocycles. The monoisotopic (exact) mass is 232 g/mol. The molecule has 0 fully saturated rings. The van der Waals surface area contributed by atoms with Gasteiger partial charge >= 0.3 is 0 Å². The maximum absolute atomic E-state index is 11.7. The highest BCUT2D eigenvalue weighted by Crippen LogP contribution is 2.14. The van der Waals surface area contributed by atoms with E-state index in [1.54, 1.807) is 6.21 Å². The fraction of sp³-hybridized carbons (Fsp3) is 0.429. The van der Waals surface area contributed by atoms with E-state index in [1.165, 1.54) is 5.56 Å². The summed E-state index contributed by atoms with van der Waals surface area (Å²) in [6.45, 7) is 6.33. The van der Waals surface area contributed by atoms with Gasteiger partial charge in [-0.1, -0.05) is 39.3 Å². The molecule has 0 atom stereocenters. The predicted molar refractivity (Wildman–Crippen MR) is 71.4 cm³/mol. The number of hydrazone groups is 1. The number of carbonyl (C=O) groups is 1. The van der Waals surface area contributed by atoms with Crippen LogP contribution >= 0.6 is 0 Å². The van der Waals surface area contributed by atoms with Crippen molar-refractivity contribution < 1.29 is 4.79 Å². The summed E-state index contributed by atoms with van der Waals surface area (Å²) >= 11 is 0. The van der Waals surface area contributed by atoms with Crippen LogP contribution in [-0.4, -0.2) is 12.1 Å². The molecule has 0 aliphatic heterocycles. The first-order chi connectivity index (χ1) is 8.15. The third kappa shape index (κ3) is 4.39. The minimum atomic E-state index is -0.160. The summed E-state index contributed by atoms with van der Waals surface area (Å²) in [4.78, 5) is 11.7. The molecule has 0 bridgehead atoms. The molecule has 0 aliphatic carbocycles. The average molecular weight is 232 g/mol. The van der Waals surface area contributed by atoms with Crippen molar-refractivity contribution in [1.29, 1.82) is 0 Å². The zero-order valence-corrected chi connectivity index (χ0v) is 10.7. The van der Waals surface area contributed by atoms with Gasteiger partial charge in [-0.2, -0.15) is 5.10 Å². The van der Waals surface area contributed by atoms with E-state index >= 15 is 0 Å². The van der Waals surface area contributed by atoms with E-state index in [0.29, 0.717) is 11.5 Å². The number of carbonyl (C=O) groups excluding carboxylic acids is 1. The maximum Gasteiger partial charge on any atom is 0.271 e. The van der Waals surface area contributed by atoms with Crippen molar-refractivity contribution >= 4 is 12.1 Å². The largest absolute Gasteiger partial charge is 0.271 e. The van der Waals surface area contributed by atoms with E-state index in [2.05, 4.69) is 31.3 Å². The average Bonchev–Trinajstić information content (AvgIpc) is 2.34. The molecular weight excluding hydrogens is 212 g/mol. The van der Waals surface area contributed by atoms with Crippen LogP contribution < -0.4 is 5.43 Å². The molecule has 0 aromatic heterocycles. The van der Waals surface area contributed by atoms with Crippen molar-refractivity contribution in [1.82, 2.24) is 5.43 Å². The normalized spacial score (nSPS) is 11.1. The summed E-state index contributed by atoms with van der Waals surface area (Å²) in [7, 11) is 0. The Morgan fingerprint density at radius 3 is 2.53 bits per heavy atom. The molecule has 3 heteroatoms. The van der Waals surface area contributed by atoms with Gasteiger partial charge in [-0.15, -0.1) is 0 Å². The van der Waals surface area contributed by atoms with Crippen LogP contribution in [0.4, 0.5) is 0 Å². The van der Waals surface area contributed by atoms with Crippen LogP contribution in [0.25, 0.3) is 0 Å². The highest BCUT2D eigenvalue weighted by molar-refractivity contribution is 5.94. The van der Waals surface area contributed by atoms with Crippen LogP contribution in [0.5, 0.6) is 0 Å². The van der Waals surface area contributed by atoms with Gasteiger partial charge in [-0.05, 0) is 30.0 Å². The predicted octanol–water partition coefficient (Wildman–Crippen LogP) is 3.33. The fourth-order valence-corrected chi connectivity index (χ4v) is 1.38. The number of nitrogens with one attached hydrogen (secondary N) is 1. The number of nitrogens with zero attached hydrogens (tertiary/aromatic N) is 1. The highest BCUT2D eigenvalue weighted by Gasteiger charge is 2.04. The van der Waals surface area contributed by atoms with Gasteiger partial charge < -0.3 is 0 Å². The summed E-state index contributed by atoms with van der Waals surface area (Å²) in [5.41, 5.74) is 4.39. The Hall–Kier alpha value is -1.64. The van der Waals surface area contributed by atoms with Gasteiger partial charge in [-0.25, -0.2) is 5.43 Å². The quantitative estimate of drug-likeness (QED) is 0.614. The van der Waals surface area contributed by atoms with E-state index in [9.17, 15) is 4.79 Å². The lowest BCUT2D eigenvalue weighted by Crippen LogP contribution is -2.17. The van der Waals surface area contributed by atoms with Gasteiger partial charge in [0.25, 0.3) is 5.91 Å². The minimum Gasteiger partial charge on any atom is -0.267 e. The number of amides is 1. The Morgan fingerprint density at radius 2 is 2.00 bits per heavy atom. The van der Waals surface area contributed by atoms with E-state index < -0.39 is 0 Å². The summed E-state index contributed by atoms with van der Waals surface area (Å²) < 4.78 is 0. The minimum absolute atomic E-state index is 0.160. The summed E-state index contributed by atoms with van der Waals surface area (Å²) in [6, 6.07) is 7.63. The van der Waals surface area contributed by atoms with E-state index in [1.807, 2.05) is 24.3 Å². The summed E-state index contributed by atoms with van der Waals surface area (Å²) in [6.07, 6.45) is 3.63. The molecule has 92 valence electrons. The third-order valence-corrected chi connectivity index (χ3v) is 2.51. The molecule has 0 saturated heterocycles. The Morgan fingerprint density at radius 1 is 1.35 bits per heavy atom. The Balaban J connectivity index is 2.57. The van der Waals surface area contributed by atoms with Crippen molar-refractivity contribution in [2.75, 3.05) is 0 Å². The highest BCUT2D eigenvalue weighted by atomic mass is 16.2. The van der Waals surface area contributed by atoms with Crippen molar-refractivity contribution in [2.45, 2.75) is 39.5 Å². The first kappa shape index (κ1) is 13.4. The molecule has 0 aliphatic rings. The van der Waals surface area contributed by atoms with Crippen molar-refractivity contribution in [2.24, 2.45) is 5.10 Å². The summed E-state index contributed by atoms with van der Waals surface area (Å²) in [5.74, 6) is 0.322. The van der Waals surface area contributed by atoms with Gasteiger partial charge in [0.2, 0.25) is 0 Å². The van der Waals surface area contributed by atoms with E-state index in [-0.39, 0.29) is 5.91 Å². The standard InChI is InChI=1S/C14H20N2O/c1-4-5-10-15-16-14(17)13-8-6-12(7-9-13)11(2)3/h6-11H,4-5H2,1-3H3,(H,16,17)/b15-10+. The Kier molecular flexibility index (Phi) is 5.40. The van der Waals surface area contributed by atoms with Crippen molar-refractivity contribution in [3.63, 3.8) is 0 Å². The van der Waals surface area contributed by atoms with Crippen molar-refractivity contribution in [3.05, 3.63) is 35.4 Å². The van der Waals surface area contributed by atoms with E-state index in [0.717, 1.165) is 12.8 Å². The molecule has 0 radical (unpaired) electrons. The second kappa shape index (κ2) is 6.84. The van der Waals surface area contributed by atoms with Gasteiger partial charge in [0.1, 0.15) is 0 Å². The number of unbranched alkanes of at least 4 members (excludes halogenated alkanes) is 1. The molecule has 17 heavy (non-hydrogen) atoms. The van der Waals surface area contributed by atoms with Gasteiger partial charge in [0.05, 0.1) is 0 Å². The molecule has 3 nitrogen and oxygen atoms in total. The van der Waals surface area contributed by atoms with Gasteiger partial charge in [0, 0.05) is 11.8 Å². The fourth-order valence-electron chi connectivity index (χ4n) is 1.38. The molecule has 1 aromatic rings. The summed E-state index contributed by atoms with van der Waals surface area (Å²) in [5, 5.41) is 3.87. The molecular formula is C14H20N2O. The van der Waals surface area contributed by atoms with Crippen LogP contribution in [0, 0.1) is 0 Å². The zero-order valence-electron chi connectivity index (χ0n) is 10.7. The van der Waals surface area contributed by atoms with Crippen molar-refractivity contribution in [3.8, 4) is 0 Å². The smallest absolute Gasteiger partial charge is 0.267 e. The lowest BCUT2D eigenvalue weighted by molar-refractivity contribution is 0.0955. The maximum atomic E-state index is 11.7. The first-order valence-corrected chi connectivity index (χ1v) is 6.07. The van der Waals surface area contributed by atoms with Gasteiger partial charge in [-0.3, -0.25) is 4.79 Å². The van der Waals surface area contributed by atoms with Crippen LogP contribution in [-0.2, 0) is 0 Å². The lowest BCUT2D eigenvalue weighted by atomic mass is 10.0. The number of hydrogen-bond donors (Lipinski definition) is 1.